The number of rotatable bonds is 3. The summed E-state index contributed by atoms with van der Waals surface area (Å²) < 4.78 is 0. The lowest BCUT2D eigenvalue weighted by Crippen LogP contribution is -2.38. The van der Waals surface area contributed by atoms with E-state index in [9.17, 15) is 5.26 Å². The molecule has 0 bridgehead atoms. The van der Waals surface area contributed by atoms with Gasteiger partial charge < -0.3 is 0 Å². The zero-order valence-corrected chi connectivity index (χ0v) is 19.6. The molecule has 0 spiro atoms. The van der Waals surface area contributed by atoms with Crippen LogP contribution in [0.15, 0.2) is 91.1 Å². The summed E-state index contributed by atoms with van der Waals surface area (Å²) in [5.41, 5.74) is 5.13. The number of hydrogen-bond acceptors (Lipinski definition) is 2. The normalized spacial score (nSPS) is 11.6. The minimum Gasteiger partial charge on any atom is -0.256 e. The van der Waals surface area contributed by atoms with Gasteiger partial charge in [-0.3, -0.25) is 4.98 Å². The second kappa shape index (κ2) is 7.75. The van der Waals surface area contributed by atoms with Gasteiger partial charge in [0.15, 0.2) is 0 Å². The molecule has 4 aromatic carbocycles. The number of aromatic nitrogens is 1. The van der Waals surface area contributed by atoms with Gasteiger partial charge in [-0.1, -0.05) is 85.5 Å². The van der Waals surface area contributed by atoms with E-state index < -0.39 is 8.07 Å². The van der Waals surface area contributed by atoms with E-state index in [0.29, 0.717) is 5.56 Å². The fraction of sp³-hybridized carbons (Fsp3) is 0.103. The molecular weight excluding hydrogens is 404 g/mol. The smallest absolute Gasteiger partial charge is 0.0998 e. The van der Waals surface area contributed by atoms with Crippen molar-refractivity contribution < 1.29 is 0 Å². The van der Waals surface area contributed by atoms with E-state index in [0.717, 1.165) is 32.8 Å². The van der Waals surface area contributed by atoms with Crippen LogP contribution in [-0.4, -0.2) is 13.1 Å². The monoisotopic (exact) mass is 428 g/mol. The van der Waals surface area contributed by atoms with Gasteiger partial charge in [0.05, 0.1) is 25.4 Å². The van der Waals surface area contributed by atoms with Crippen molar-refractivity contribution in [2.24, 2.45) is 0 Å². The lowest BCUT2D eigenvalue weighted by molar-refractivity contribution is 1.36. The van der Waals surface area contributed by atoms with E-state index in [1.807, 2.05) is 30.5 Å². The molecule has 154 valence electrons. The summed E-state index contributed by atoms with van der Waals surface area (Å²) in [4.78, 5) is 4.72. The molecule has 0 fully saturated rings. The summed E-state index contributed by atoms with van der Waals surface area (Å²) in [6.07, 6.45) is 1.87. The van der Waals surface area contributed by atoms with Crippen LogP contribution >= 0.6 is 0 Å². The van der Waals surface area contributed by atoms with Gasteiger partial charge in [0.1, 0.15) is 0 Å². The SMILES string of the molecule is C[Si](C)(C)c1ccccc1-c1ccc2c(-c3cc(C#N)c4ccccc4c3)nccc2c1. The number of fused-ring (bicyclic) bond motifs is 2. The first-order valence-corrected chi connectivity index (χ1v) is 14.4. The van der Waals surface area contributed by atoms with Crippen molar-refractivity contribution in [3.05, 3.63) is 96.7 Å². The summed E-state index contributed by atoms with van der Waals surface area (Å²) in [6, 6.07) is 32.0. The minimum atomic E-state index is -1.47. The van der Waals surface area contributed by atoms with Crippen LogP contribution in [0.5, 0.6) is 0 Å². The van der Waals surface area contributed by atoms with Crippen LogP contribution < -0.4 is 5.19 Å². The lowest BCUT2D eigenvalue weighted by atomic mass is 9.96. The molecule has 0 N–H and O–H groups in total. The summed E-state index contributed by atoms with van der Waals surface area (Å²) >= 11 is 0. The molecule has 0 saturated carbocycles. The Balaban J connectivity index is 1.70. The Morgan fingerprint density at radius 1 is 0.719 bits per heavy atom. The highest BCUT2D eigenvalue weighted by Crippen LogP contribution is 2.33. The summed E-state index contributed by atoms with van der Waals surface area (Å²) in [5, 5.41) is 15.5. The molecule has 0 atom stereocenters. The molecule has 0 aliphatic carbocycles. The van der Waals surface area contributed by atoms with Crippen molar-refractivity contribution in [1.82, 2.24) is 4.98 Å². The average Bonchev–Trinajstić information content (AvgIpc) is 2.82. The van der Waals surface area contributed by atoms with Gasteiger partial charge in [-0.25, -0.2) is 0 Å². The van der Waals surface area contributed by atoms with Crippen molar-refractivity contribution >= 4 is 34.8 Å². The van der Waals surface area contributed by atoms with E-state index in [2.05, 4.69) is 86.4 Å². The molecule has 1 heterocycles. The van der Waals surface area contributed by atoms with Gasteiger partial charge in [0, 0.05) is 17.1 Å². The Bertz CT molecular complexity index is 1520. The van der Waals surface area contributed by atoms with Crippen molar-refractivity contribution in [3.8, 4) is 28.5 Å². The molecule has 0 amide bonds. The summed E-state index contributed by atoms with van der Waals surface area (Å²) in [7, 11) is -1.47. The quantitative estimate of drug-likeness (QED) is 0.286. The van der Waals surface area contributed by atoms with Crippen LogP contribution in [0.4, 0.5) is 0 Å². The van der Waals surface area contributed by atoms with Crippen LogP contribution in [0.1, 0.15) is 5.56 Å². The average molecular weight is 429 g/mol. The molecule has 0 aliphatic rings. The molecular formula is C29H24N2Si. The third kappa shape index (κ3) is 3.49. The summed E-state index contributed by atoms with van der Waals surface area (Å²) in [5.74, 6) is 0. The highest BCUT2D eigenvalue weighted by Gasteiger charge is 2.20. The molecule has 1 aromatic heterocycles. The van der Waals surface area contributed by atoms with Gasteiger partial charge in [-0.15, -0.1) is 0 Å². The molecule has 0 saturated heterocycles. The molecule has 5 rings (SSSR count). The lowest BCUT2D eigenvalue weighted by Gasteiger charge is -2.21. The van der Waals surface area contributed by atoms with E-state index in [4.69, 9.17) is 4.98 Å². The first-order valence-electron chi connectivity index (χ1n) is 10.9. The second-order valence-corrected chi connectivity index (χ2v) is 14.3. The zero-order chi connectivity index (χ0) is 22.3. The number of hydrogen-bond donors (Lipinski definition) is 0. The number of benzene rings is 4. The van der Waals surface area contributed by atoms with Crippen molar-refractivity contribution in [3.63, 3.8) is 0 Å². The van der Waals surface area contributed by atoms with Gasteiger partial charge in [0.25, 0.3) is 0 Å². The second-order valence-electron chi connectivity index (χ2n) is 9.25. The van der Waals surface area contributed by atoms with Crippen LogP contribution in [0.2, 0.25) is 19.6 Å². The Morgan fingerprint density at radius 2 is 1.44 bits per heavy atom. The number of pyridine rings is 1. The zero-order valence-electron chi connectivity index (χ0n) is 18.6. The van der Waals surface area contributed by atoms with Crippen LogP contribution in [0, 0.1) is 11.3 Å². The third-order valence-electron chi connectivity index (χ3n) is 6.07. The number of nitriles is 1. The Kier molecular flexibility index (Phi) is 4.88. The van der Waals surface area contributed by atoms with Crippen LogP contribution in [0.3, 0.4) is 0 Å². The Labute approximate surface area is 189 Å². The number of nitrogens with zero attached hydrogens (tertiary/aromatic N) is 2. The molecule has 0 unspecified atom stereocenters. The van der Waals surface area contributed by atoms with Crippen LogP contribution in [-0.2, 0) is 0 Å². The molecule has 0 aliphatic heterocycles. The molecule has 5 aromatic rings. The standard InChI is InChI=1S/C29H24N2Si/c1-32(2,3)28-11-7-6-10-26(28)21-12-13-27-22(16-21)14-15-31-29(27)23-17-20-8-4-5-9-25(20)24(18-23)19-30/h4-18H,1-3H3. The first kappa shape index (κ1) is 20.2. The molecule has 32 heavy (non-hydrogen) atoms. The highest BCUT2D eigenvalue weighted by molar-refractivity contribution is 6.89. The largest absolute Gasteiger partial charge is 0.256 e. The predicted octanol–water partition coefficient (Wildman–Crippen LogP) is 7.14. The topological polar surface area (TPSA) is 36.7 Å². The maximum Gasteiger partial charge on any atom is 0.0998 e. The highest BCUT2D eigenvalue weighted by atomic mass is 28.3. The fourth-order valence-corrected chi connectivity index (χ4v) is 6.14. The predicted molar refractivity (Wildman–Crippen MR) is 138 cm³/mol. The summed E-state index contributed by atoms with van der Waals surface area (Å²) in [6.45, 7) is 7.17. The van der Waals surface area contributed by atoms with E-state index in [1.54, 1.807) is 0 Å². The Morgan fingerprint density at radius 3 is 2.25 bits per heavy atom. The van der Waals surface area contributed by atoms with Crippen molar-refractivity contribution in [2.45, 2.75) is 19.6 Å². The van der Waals surface area contributed by atoms with Crippen LogP contribution in [0.25, 0.3) is 43.9 Å². The van der Waals surface area contributed by atoms with Crippen molar-refractivity contribution in [1.29, 1.82) is 5.26 Å². The van der Waals surface area contributed by atoms with Crippen molar-refractivity contribution in [2.75, 3.05) is 0 Å². The van der Waals surface area contributed by atoms with Gasteiger partial charge in [-0.2, -0.15) is 5.26 Å². The van der Waals surface area contributed by atoms with E-state index >= 15 is 0 Å². The van der Waals surface area contributed by atoms with Gasteiger partial charge >= 0.3 is 0 Å². The molecule has 0 radical (unpaired) electrons. The van der Waals surface area contributed by atoms with Gasteiger partial charge in [-0.05, 0) is 51.6 Å². The maximum absolute atomic E-state index is 9.71. The maximum atomic E-state index is 9.71. The van der Waals surface area contributed by atoms with Gasteiger partial charge in [0.2, 0.25) is 0 Å². The third-order valence-corrected chi connectivity index (χ3v) is 8.12. The van der Waals surface area contributed by atoms with E-state index in [-0.39, 0.29) is 0 Å². The minimum absolute atomic E-state index is 0.678. The fourth-order valence-electron chi connectivity index (χ4n) is 4.50. The first-order chi connectivity index (χ1) is 15.5. The van der Waals surface area contributed by atoms with E-state index in [1.165, 1.54) is 16.3 Å². The Hall–Kier alpha value is -3.74. The molecule has 2 nitrogen and oxygen atoms in total. The molecule has 3 heteroatoms.